The quantitative estimate of drug-likeness (QED) is 0.678. The Morgan fingerprint density at radius 2 is 2.05 bits per heavy atom. The van der Waals surface area contributed by atoms with E-state index in [1.54, 1.807) is 7.11 Å². The second-order valence-corrected chi connectivity index (χ2v) is 4.72. The minimum Gasteiger partial charge on any atom is -0.490 e. The molecule has 0 saturated carbocycles. The van der Waals surface area contributed by atoms with Crippen LogP contribution in [0.1, 0.15) is 11.4 Å². The smallest absolute Gasteiger partial charge is 0.142 e. The molecule has 0 saturated heterocycles. The SMILES string of the molecule is COCCNCc1nc(C)ccc1OCCN(C)C. The zero-order valence-corrected chi connectivity index (χ0v) is 12.4. The maximum atomic E-state index is 5.78. The van der Waals surface area contributed by atoms with Crippen LogP contribution in [-0.2, 0) is 11.3 Å². The van der Waals surface area contributed by atoms with Crippen molar-refractivity contribution in [2.24, 2.45) is 0 Å². The standard InChI is InChI=1S/C14H25N3O2/c1-12-5-6-14(19-10-8-17(2)3)13(16-12)11-15-7-9-18-4/h5-6,15H,7-11H2,1-4H3. The Bertz CT molecular complexity index is 370. The van der Waals surface area contributed by atoms with E-state index < -0.39 is 0 Å². The molecule has 1 rings (SSSR count). The predicted octanol–water partition coefficient (Wildman–Crippen LogP) is 1.07. The molecule has 0 aliphatic rings. The van der Waals surface area contributed by atoms with Crippen molar-refractivity contribution >= 4 is 0 Å². The molecule has 0 aliphatic carbocycles. The van der Waals surface area contributed by atoms with E-state index in [0.717, 1.165) is 30.2 Å². The van der Waals surface area contributed by atoms with Gasteiger partial charge in [-0.05, 0) is 33.2 Å². The summed E-state index contributed by atoms with van der Waals surface area (Å²) >= 11 is 0. The molecule has 1 heterocycles. The summed E-state index contributed by atoms with van der Waals surface area (Å²) in [5.74, 6) is 0.859. The fourth-order valence-electron chi connectivity index (χ4n) is 1.57. The second kappa shape index (κ2) is 8.85. The molecular weight excluding hydrogens is 242 g/mol. The van der Waals surface area contributed by atoms with E-state index in [1.807, 2.05) is 33.2 Å². The first kappa shape index (κ1) is 15.9. The van der Waals surface area contributed by atoms with Crippen LogP contribution in [0.5, 0.6) is 5.75 Å². The molecule has 0 unspecified atom stereocenters. The van der Waals surface area contributed by atoms with Gasteiger partial charge in [0.25, 0.3) is 0 Å². The number of methoxy groups -OCH3 is 1. The van der Waals surface area contributed by atoms with E-state index in [9.17, 15) is 0 Å². The molecule has 1 N–H and O–H groups in total. The summed E-state index contributed by atoms with van der Waals surface area (Å²) in [4.78, 5) is 6.62. The third kappa shape index (κ3) is 6.52. The lowest BCUT2D eigenvalue weighted by atomic mass is 10.3. The summed E-state index contributed by atoms with van der Waals surface area (Å²) < 4.78 is 10.8. The fourth-order valence-corrected chi connectivity index (χ4v) is 1.57. The highest BCUT2D eigenvalue weighted by Gasteiger charge is 2.06. The lowest BCUT2D eigenvalue weighted by molar-refractivity contribution is 0.198. The Hall–Kier alpha value is -1.17. The van der Waals surface area contributed by atoms with Gasteiger partial charge in [-0.1, -0.05) is 0 Å². The van der Waals surface area contributed by atoms with Gasteiger partial charge in [0.2, 0.25) is 0 Å². The summed E-state index contributed by atoms with van der Waals surface area (Å²) in [5, 5.41) is 3.29. The first-order valence-corrected chi connectivity index (χ1v) is 6.57. The van der Waals surface area contributed by atoms with Crippen LogP contribution in [0.25, 0.3) is 0 Å². The number of likely N-dealkylation sites (N-methyl/N-ethyl adjacent to an activating group) is 1. The molecule has 0 atom stereocenters. The van der Waals surface area contributed by atoms with Gasteiger partial charge in [-0.25, -0.2) is 0 Å². The van der Waals surface area contributed by atoms with Crippen molar-refractivity contribution in [3.05, 3.63) is 23.5 Å². The largest absolute Gasteiger partial charge is 0.490 e. The summed E-state index contributed by atoms with van der Waals surface area (Å²) in [6.45, 7) is 5.75. The molecule has 1 aromatic heterocycles. The zero-order chi connectivity index (χ0) is 14.1. The van der Waals surface area contributed by atoms with Crippen molar-refractivity contribution in [2.45, 2.75) is 13.5 Å². The van der Waals surface area contributed by atoms with Crippen molar-refractivity contribution in [2.75, 3.05) is 47.5 Å². The number of hydrogen-bond acceptors (Lipinski definition) is 5. The predicted molar refractivity (Wildman–Crippen MR) is 76.6 cm³/mol. The summed E-state index contributed by atoms with van der Waals surface area (Å²) in [5.41, 5.74) is 1.96. The van der Waals surface area contributed by atoms with E-state index in [2.05, 4.69) is 15.2 Å². The van der Waals surface area contributed by atoms with Gasteiger partial charge in [0, 0.05) is 32.4 Å². The van der Waals surface area contributed by atoms with Gasteiger partial charge >= 0.3 is 0 Å². The zero-order valence-electron chi connectivity index (χ0n) is 12.4. The van der Waals surface area contributed by atoms with E-state index in [-0.39, 0.29) is 0 Å². The summed E-state index contributed by atoms with van der Waals surface area (Å²) in [6.07, 6.45) is 0. The average Bonchev–Trinajstić information content (AvgIpc) is 2.36. The van der Waals surface area contributed by atoms with Crippen LogP contribution in [0, 0.1) is 6.92 Å². The molecule has 0 bridgehead atoms. The lowest BCUT2D eigenvalue weighted by Gasteiger charge is -2.14. The molecule has 0 aromatic carbocycles. The third-order valence-corrected chi connectivity index (χ3v) is 2.64. The Balaban J connectivity index is 2.53. The van der Waals surface area contributed by atoms with E-state index in [4.69, 9.17) is 9.47 Å². The van der Waals surface area contributed by atoms with Gasteiger partial charge in [0.05, 0.1) is 12.3 Å². The highest BCUT2D eigenvalue weighted by Crippen LogP contribution is 2.16. The maximum Gasteiger partial charge on any atom is 0.142 e. The molecule has 1 aromatic rings. The molecule has 0 amide bonds. The number of ether oxygens (including phenoxy) is 2. The molecule has 0 fully saturated rings. The molecule has 5 heteroatoms. The van der Waals surface area contributed by atoms with Crippen molar-refractivity contribution in [3.8, 4) is 5.75 Å². The highest BCUT2D eigenvalue weighted by atomic mass is 16.5. The Labute approximate surface area is 115 Å². The number of aromatic nitrogens is 1. The molecular formula is C14H25N3O2. The number of nitrogens with one attached hydrogen (secondary N) is 1. The van der Waals surface area contributed by atoms with Gasteiger partial charge in [-0.2, -0.15) is 0 Å². The van der Waals surface area contributed by atoms with Crippen LogP contribution >= 0.6 is 0 Å². The van der Waals surface area contributed by atoms with Crippen LogP contribution in [0.2, 0.25) is 0 Å². The Kier molecular flexibility index (Phi) is 7.40. The van der Waals surface area contributed by atoms with Gasteiger partial charge < -0.3 is 19.7 Å². The van der Waals surface area contributed by atoms with Crippen LogP contribution in [0.15, 0.2) is 12.1 Å². The van der Waals surface area contributed by atoms with Crippen molar-refractivity contribution < 1.29 is 9.47 Å². The lowest BCUT2D eigenvalue weighted by Crippen LogP contribution is -2.22. The number of hydrogen-bond donors (Lipinski definition) is 1. The van der Waals surface area contributed by atoms with Gasteiger partial charge in [0.1, 0.15) is 12.4 Å². The van der Waals surface area contributed by atoms with Crippen molar-refractivity contribution in [3.63, 3.8) is 0 Å². The van der Waals surface area contributed by atoms with Crippen LogP contribution in [-0.4, -0.2) is 57.4 Å². The Morgan fingerprint density at radius 1 is 1.26 bits per heavy atom. The summed E-state index contributed by atoms with van der Waals surface area (Å²) in [7, 11) is 5.76. The first-order chi connectivity index (χ1) is 9.13. The number of rotatable bonds is 9. The van der Waals surface area contributed by atoms with E-state index >= 15 is 0 Å². The Morgan fingerprint density at radius 3 is 2.74 bits per heavy atom. The molecule has 5 nitrogen and oxygen atoms in total. The minimum atomic E-state index is 0.669. The minimum absolute atomic E-state index is 0.669. The second-order valence-electron chi connectivity index (χ2n) is 4.72. The molecule has 19 heavy (non-hydrogen) atoms. The number of pyridine rings is 1. The number of aryl methyl sites for hydroxylation is 1. The molecule has 0 aliphatic heterocycles. The molecule has 0 radical (unpaired) electrons. The summed E-state index contributed by atoms with van der Waals surface area (Å²) in [6, 6.07) is 3.97. The third-order valence-electron chi connectivity index (χ3n) is 2.64. The van der Waals surface area contributed by atoms with E-state index in [0.29, 0.717) is 19.8 Å². The fraction of sp³-hybridized carbons (Fsp3) is 0.643. The molecule has 108 valence electrons. The highest BCUT2D eigenvalue weighted by molar-refractivity contribution is 5.29. The van der Waals surface area contributed by atoms with Gasteiger partial charge in [-0.15, -0.1) is 0 Å². The monoisotopic (exact) mass is 267 g/mol. The van der Waals surface area contributed by atoms with Crippen molar-refractivity contribution in [1.29, 1.82) is 0 Å². The topological polar surface area (TPSA) is 46.6 Å². The average molecular weight is 267 g/mol. The maximum absolute atomic E-state index is 5.78. The van der Waals surface area contributed by atoms with Crippen LogP contribution in [0.4, 0.5) is 0 Å². The normalized spacial score (nSPS) is 11.0. The van der Waals surface area contributed by atoms with Crippen LogP contribution in [0.3, 0.4) is 0 Å². The number of nitrogens with zero attached hydrogens (tertiary/aromatic N) is 2. The van der Waals surface area contributed by atoms with Gasteiger partial charge in [-0.3, -0.25) is 4.98 Å². The van der Waals surface area contributed by atoms with E-state index in [1.165, 1.54) is 0 Å². The first-order valence-electron chi connectivity index (χ1n) is 6.57. The van der Waals surface area contributed by atoms with Gasteiger partial charge in [0.15, 0.2) is 0 Å². The molecule has 0 spiro atoms. The van der Waals surface area contributed by atoms with Crippen molar-refractivity contribution in [1.82, 2.24) is 15.2 Å². The van der Waals surface area contributed by atoms with Crippen LogP contribution < -0.4 is 10.1 Å².